The van der Waals surface area contributed by atoms with Gasteiger partial charge in [0.05, 0.1) is 12.5 Å². The zero-order valence-electron chi connectivity index (χ0n) is 15.6. The maximum atomic E-state index is 13.2. The van der Waals surface area contributed by atoms with E-state index in [-0.39, 0.29) is 10.8 Å². The summed E-state index contributed by atoms with van der Waals surface area (Å²) in [4.78, 5) is 32.7. The normalized spacial score (nSPS) is 27.1. The van der Waals surface area contributed by atoms with E-state index in [1.54, 1.807) is 12.3 Å². The molecule has 2 aliphatic heterocycles. The molecule has 1 aliphatic carbocycles. The van der Waals surface area contributed by atoms with Crippen LogP contribution in [0.25, 0.3) is 0 Å². The number of carbonyl (C=O) groups is 1. The number of H-pyrrole nitrogens is 1. The summed E-state index contributed by atoms with van der Waals surface area (Å²) in [6.45, 7) is 4.30. The first kappa shape index (κ1) is 17.6. The number of aromatic nitrogens is 1. The van der Waals surface area contributed by atoms with Crippen LogP contribution in [0.2, 0.25) is 0 Å². The van der Waals surface area contributed by atoms with Crippen molar-refractivity contribution >= 4 is 5.91 Å². The highest BCUT2D eigenvalue weighted by atomic mass is 16.5. The van der Waals surface area contributed by atoms with Crippen LogP contribution in [-0.2, 0) is 11.3 Å². The number of likely N-dealkylation sites (tertiary alicyclic amines) is 2. The summed E-state index contributed by atoms with van der Waals surface area (Å²) in [6.07, 6.45) is 8.57. The van der Waals surface area contributed by atoms with Crippen molar-refractivity contribution in [2.45, 2.75) is 45.1 Å². The molecule has 3 fully saturated rings. The molecule has 142 valence electrons. The van der Waals surface area contributed by atoms with Crippen LogP contribution in [0.4, 0.5) is 0 Å². The SMILES string of the molecule is COc1c[nH]c(CN2CCC3(CCCN(CC4CCC4)C3=O)C2)cc1=O. The highest BCUT2D eigenvalue weighted by Gasteiger charge is 2.48. The predicted octanol–water partition coefficient (Wildman–Crippen LogP) is 2.00. The number of nitrogens with zero attached hydrogens (tertiary/aromatic N) is 2. The highest BCUT2D eigenvalue weighted by Crippen LogP contribution is 2.41. The van der Waals surface area contributed by atoms with E-state index in [4.69, 9.17) is 4.74 Å². The van der Waals surface area contributed by atoms with Crippen molar-refractivity contribution in [1.29, 1.82) is 0 Å². The molecule has 1 aromatic heterocycles. The second-order valence-electron chi connectivity index (χ2n) is 8.28. The smallest absolute Gasteiger partial charge is 0.230 e. The molecule has 4 rings (SSSR count). The standard InChI is InChI=1S/C20H29N3O3/c1-26-18-11-21-16(10-17(18)24)13-22-9-7-20(14-22)6-3-8-23(19(20)25)12-15-4-2-5-15/h10-11,15H,2-9,12-14H2,1H3,(H,21,24). The minimum Gasteiger partial charge on any atom is -0.491 e. The summed E-state index contributed by atoms with van der Waals surface area (Å²) in [7, 11) is 1.50. The van der Waals surface area contributed by atoms with Crippen LogP contribution in [0.1, 0.15) is 44.2 Å². The summed E-state index contributed by atoms with van der Waals surface area (Å²) < 4.78 is 5.02. The fourth-order valence-corrected chi connectivity index (χ4v) is 4.78. The van der Waals surface area contributed by atoms with Crippen LogP contribution in [0.15, 0.2) is 17.1 Å². The van der Waals surface area contributed by atoms with Crippen molar-refractivity contribution in [2.24, 2.45) is 11.3 Å². The Morgan fingerprint density at radius 3 is 2.77 bits per heavy atom. The number of rotatable bonds is 5. The second-order valence-corrected chi connectivity index (χ2v) is 8.28. The summed E-state index contributed by atoms with van der Waals surface area (Å²) in [5.74, 6) is 1.44. The Morgan fingerprint density at radius 1 is 1.23 bits per heavy atom. The Labute approximate surface area is 154 Å². The number of ether oxygens (including phenoxy) is 1. The molecule has 2 saturated heterocycles. The van der Waals surface area contributed by atoms with E-state index < -0.39 is 0 Å². The number of amides is 1. The largest absolute Gasteiger partial charge is 0.491 e. The minimum atomic E-state index is -0.200. The van der Waals surface area contributed by atoms with Gasteiger partial charge in [0.1, 0.15) is 0 Å². The zero-order valence-corrected chi connectivity index (χ0v) is 15.6. The molecule has 6 nitrogen and oxygen atoms in total. The molecule has 1 atom stereocenters. The second kappa shape index (κ2) is 7.06. The Kier molecular flexibility index (Phi) is 4.78. The van der Waals surface area contributed by atoms with Crippen LogP contribution in [0.5, 0.6) is 5.75 Å². The van der Waals surface area contributed by atoms with Gasteiger partial charge in [0.2, 0.25) is 11.3 Å². The number of hydrogen-bond acceptors (Lipinski definition) is 4. The van der Waals surface area contributed by atoms with E-state index >= 15 is 0 Å². The summed E-state index contributed by atoms with van der Waals surface area (Å²) in [5, 5.41) is 0. The lowest BCUT2D eigenvalue weighted by molar-refractivity contribution is -0.146. The maximum Gasteiger partial charge on any atom is 0.230 e. The molecule has 0 bridgehead atoms. The molecule has 3 heterocycles. The molecule has 26 heavy (non-hydrogen) atoms. The van der Waals surface area contributed by atoms with Gasteiger partial charge in [-0.3, -0.25) is 14.5 Å². The molecule has 1 spiro atoms. The number of piperidine rings is 1. The van der Waals surface area contributed by atoms with Gasteiger partial charge in [0.15, 0.2) is 5.75 Å². The minimum absolute atomic E-state index is 0.101. The lowest BCUT2D eigenvalue weighted by Crippen LogP contribution is -2.51. The number of hydrogen-bond donors (Lipinski definition) is 1. The van der Waals surface area contributed by atoms with E-state index in [0.717, 1.165) is 57.1 Å². The van der Waals surface area contributed by atoms with E-state index in [1.165, 1.54) is 26.4 Å². The first-order chi connectivity index (χ1) is 12.6. The third-order valence-corrected chi connectivity index (χ3v) is 6.51. The maximum absolute atomic E-state index is 13.2. The quantitative estimate of drug-likeness (QED) is 0.873. The van der Waals surface area contributed by atoms with Crippen molar-refractivity contribution < 1.29 is 9.53 Å². The Hall–Kier alpha value is -1.82. The molecule has 1 saturated carbocycles. The molecule has 1 amide bonds. The van der Waals surface area contributed by atoms with Crippen molar-refractivity contribution in [3.63, 3.8) is 0 Å². The van der Waals surface area contributed by atoms with E-state index in [0.29, 0.717) is 18.2 Å². The molecule has 1 aromatic rings. The van der Waals surface area contributed by atoms with E-state index in [1.807, 2.05) is 0 Å². The average molecular weight is 359 g/mol. The van der Waals surface area contributed by atoms with Gasteiger partial charge in [0, 0.05) is 44.1 Å². The van der Waals surface area contributed by atoms with Gasteiger partial charge >= 0.3 is 0 Å². The molecular weight excluding hydrogens is 330 g/mol. The lowest BCUT2D eigenvalue weighted by Gasteiger charge is -2.42. The molecule has 6 heteroatoms. The molecule has 3 aliphatic rings. The number of methoxy groups -OCH3 is 1. The summed E-state index contributed by atoms with van der Waals surface area (Å²) >= 11 is 0. The number of aromatic amines is 1. The molecule has 1 unspecified atom stereocenters. The fraction of sp³-hybridized carbons (Fsp3) is 0.700. The van der Waals surface area contributed by atoms with Crippen LogP contribution in [0, 0.1) is 11.3 Å². The van der Waals surface area contributed by atoms with Gasteiger partial charge < -0.3 is 14.6 Å². The van der Waals surface area contributed by atoms with Crippen LogP contribution < -0.4 is 10.2 Å². The molecule has 1 N–H and O–H groups in total. The number of pyridine rings is 1. The van der Waals surface area contributed by atoms with Gasteiger partial charge in [0.25, 0.3) is 0 Å². The van der Waals surface area contributed by atoms with Crippen molar-refractivity contribution in [3.8, 4) is 5.75 Å². The van der Waals surface area contributed by atoms with Crippen LogP contribution in [0.3, 0.4) is 0 Å². The van der Waals surface area contributed by atoms with E-state index in [9.17, 15) is 9.59 Å². The van der Waals surface area contributed by atoms with Gasteiger partial charge in [-0.25, -0.2) is 0 Å². The van der Waals surface area contributed by atoms with Crippen LogP contribution in [-0.4, -0.2) is 54.0 Å². The first-order valence-electron chi connectivity index (χ1n) is 9.87. The van der Waals surface area contributed by atoms with Crippen molar-refractivity contribution in [1.82, 2.24) is 14.8 Å². The Morgan fingerprint density at radius 2 is 2.08 bits per heavy atom. The third-order valence-electron chi connectivity index (χ3n) is 6.51. The average Bonchev–Trinajstić information content (AvgIpc) is 2.98. The molecule has 0 radical (unpaired) electrons. The monoisotopic (exact) mass is 359 g/mol. The predicted molar refractivity (Wildman–Crippen MR) is 99.1 cm³/mol. The van der Waals surface area contributed by atoms with Crippen LogP contribution >= 0.6 is 0 Å². The van der Waals surface area contributed by atoms with Gasteiger partial charge in [-0.1, -0.05) is 6.42 Å². The zero-order chi connectivity index (χ0) is 18.1. The summed E-state index contributed by atoms with van der Waals surface area (Å²) in [5.41, 5.74) is 0.576. The number of nitrogens with one attached hydrogen (secondary N) is 1. The van der Waals surface area contributed by atoms with Gasteiger partial charge in [-0.05, 0) is 44.6 Å². The van der Waals surface area contributed by atoms with Crippen molar-refractivity contribution in [3.05, 3.63) is 28.2 Å². The number of carbonyl (C=O) groups excluding carboxylic acids is 1. The fourth-order valence-electron chi connectivity index (χ4n) is 4.78. The Balaban J connectivity index is 1.41. The highest BCUT2D eigenvalue weighted by molar-refractivity contribution is 5.84. The van der Waals surface area contributed by atoms with Gasteiger partial charge in [-0.2, -0.15) is 0 Å². The molecular formula is C20H29N3O3. The molecule has 0 aromatic carbocycles. The topological polar surface area (TPSA) is 65.6 Å². The van der Waals surface area contributed by atoms with Gasteiger partial charge in [-0.15, -0.1) is 0 Å². The lowest BCUT2D eigenvalue weighted by atomic mass is 9.77. The Bertz CT molecular complexity index is 727. The van der Waals surface area contributed by atoms with E-state index in [2.05, 4.69) is 14.8 Å². The summed E-state index contributed by atoms with van der Waals surface area (Å²) in [6, 6.07) is 1.61. The van der Waals surface area contributed by atoms with Crippen molar-refractivity contribution in [2.75, 3.05) is 33.3 Å². The third kappa shape index (κ3) is 3.27. The first-order valence-corrected chi connectivity index (χ1v) is 9.87.